The lowest BCUT2D eigenvalue weighted by Gasteiger charge is -2.30. The van der Waals surface area contributed by atoms with E-state index in [4.69, 9.17) is 0 Å². The maximum atomic E-state index is 4.29. The highest BCUT2D eigenvalue weighted by Gasteiger charge is 2.26. The smallest absolute Gasteiger partial charge is 0.115 e. The van der Waals surface area contributed by atoms with Gasteiger partial charge in [-0.05, 0) is 18.0 Å². The second-order valence-electron chi connectivity index (χ2n) is 4.49. The average molecular weight is 193 g/mol. The van der Waals surface area contributed by atoms with Gasteiger partial charge in [0, 0.05) is 6.20 Å². The third kappa shape index (κ3) is 2.77. The van der Waals surface area contributed by atoms with E-state index in [0.29, 0.717) is 0 Å². The molecule has 0 saturated carbocycles. The van der Waals surface area contributed by atoms with E-state index in [9.17, 15) is 0 Å². The standard InChI is InChI=1S/C11H19N3/c1-5-13-10(11(2,3)4)9-6-7-12-8-14-9/h6-8,10,13H,5H2,1-4H3. The predicted molar refractivity (Wildman–Crippen MR) is 57.9 cm³/mol. The largest absolute Gasteiger partial charge is 0.308 e. The molecule has 0 aromatic carbocycles. The fourth-order valence-corrected chi connectivity index (χ4v) is 1.53. The molecule has 0 aliphatic carbocycles. The summed E-state index contributed by atoms with van der Waals surface area (Å²) in [5.74, 6) is 0. The molecule has 0 fully saturated rings. The molecule has 3 nitrogen and oxygen atoms in total. The third-order valence-corrected chi connectivity index (χ3v) is 2.17. The monoisotopic (exact) mass is 193 g/mol. The van der Waals surface area contributed by atoms with Crippen molar-refractivity contribution >= 4 is 0 Å². The Bertz CT molecular complexity index is 264. The lowest BCUT2D eigenvalue weighted by atomic mass is 9.84. The Hall–Kier alpha value is -0.960. The molecule has 0 amide bonds. The summed E-state index contributed by atoms with van der Waals surface area (Å²) in [6.45, 7) is 9.69. The number of aromatic nitrogens is 2. The van der Waals surface area contributed by atoms with Crippen molar-refractivity contribution in [1.82, 2.24) is 15.3 Å². The predicted octanol–water partition coefficient (Wildman–Crippen LogP) is 2.17. The molecular weight excluding hydrogens is 174 g/mol. The summed E-state index contributed by atoms with van der Waals surface area (Å²) in [6.07, 6.45) is 3.39. The summed E-state index contributed by atoms with van der Waals surface area (Å²) in [6, 6.07) is 2.26. The molecule has 0 bridgehead atoms. The van der Waals surface area contributed by atoms with E-state index in [1.165, 1.54) is 0 Å². The van der Waals surface area contributed by atoms with E-state index < -0.39 is 0 Å². The van der Waals surface area contributed by atoms with Gasteiger partial charge >= 0.3 is 0 Å². The fraction of sp³-hybridized carbons (Fsp3) is 0.636. The van der Waals surface area contributed by atoms with Crippen LogP contribution in [0.25, 0.3) is 0 Å². The molecule has 1 N–H and O–H groups in total. The third-order valence-electron chi connectivity index (χ3n) is 2.17. The molecule has 14 heavy (non-hydrogen) atoms. The molecule has 3 heteroatoms. The molecule has 1 rings (SSSR count). The summed E-state index contributed by atoms with van der Waals surface area (Å²) in [5.41, 5.74) is 1.24. The van der Waals surface area contributed by atoms with Gasteiger partial charge in [0.15, 0.2) is 0 Å². The van der Waals surface area contributed by atoms with Crippen LogP contribution in [0.1, 0.15) is 39.4 Å². The van der Waals surface area contributed by atoms with Gasteiger partial charge in [-0.1, -0.05) is 27.7 Å². The molecule has 78 valence electrons. The second kappa shape index (κ2) is 4.51. The van der Waals surface area contributed by atoms with Gasteiger partial charge in [0.1, 0.15) is 6.33 Å². The van der Waals surface area contributed by atoms with Crippen molar-refractivity contribution in [3.8, 4) is 0 Å². The minimum Gasteiger partial charge on any atom is -0.308 e. The molecule has 1 unspecified atom stereocenters. The number of nitrogens with zero attached hydrogens (tertiary/aromatic N) is 2. The van der Waals surface area contributed by atoms with E-state index in [2.05, 4.69) is 43.0 Å². The van der Waals surface area contributed by atoms with Crippen molar-refractivity contribution in [1.29, 1.82) is 0 Å². The van der Waals surface area contributed by atoms with E-state index in [1.807, 2.05) is 6.07 Å². The van der Waals surface area contributed by atoms with E-state index in [1.54, 1.807) is 12.5 Å². The highest BCUT2D eigenvalue weighted by molar-refractivity contribution is 5.08. The Morgan fingerprint density at radius 1 is 1.43 bits per heavy atom. The summed E-state index contributed by atoms with van der Waals surface area (Å²) in [5, 5.41) is 3.45. The van der Waals surface area contributed by atoms with Crippen LogP contribution in [-0.2, 0) is 0 Å². The maximum Gasteiger partial charge on any atom is 0.115 e. The number of hydrogen-bond donors (Lipinski definition) is 1. The molecule has 0 radical (unpaired) electrons. The van der Waals surface area contributed by atoms with Crippen LogP contribution in [0.4, 0.5) is 0 Å². The minimum atomic E-state index is 0.171. The summed E-state index contributed by atoms with van der Waals surface area (Å²) < 4.78 is 0. The SMILES string of the molecule is CCNC(c1ccncn1)C(C)(C)C. The first kappa shape index (κ1) is 11.1. The summed E-state index contributed by atoms with van der Waals surface area (Å²) >= 11 is 0. The molecule has 0 aliphatic rings. The van der Waals surface area contributed by atoms with Gasteiger partial charge in [-0.15, -0.1) is 0 Å². The lowest BCUT2D eigenvalue weighted by Crippen LogP contribution is -2.32. The van der Waals surface area contributed by atoms with Crippen molar-refractivity contribution in [2.75, 3.05) is 6.54 Å². The second-order valence-corrected chi connectivity index (χ2v) is 4.49. The molecule has 0 saturated heterocycles. The fourth-order valence-electron chi connectivity index (χ4n) is 1.53. The summed E-state index contributed by atoms with van der Waals surface area (Å²) in [7, 11) is 0. The quantitative estimate of drug-likeness (QED) is 0.799. The van der Waals surface area contributed by atoms with Gasteiger partial charge in [0.25, 0.3) is 0 Å². The Kier molecular flexibility index (Phi) is 3.58. The number of hydrogen-bond acceptors (Lipinski definition) is 3. The first-order valence-corrected chi connectivity index (χ1v) is 5.05. The van der Waals surface area contributed by atoms with E-state index >= 15 is 0 Å². The van der Waals surface area contributed by atoms with Crippen LogP contribution in [0.15, 0.2) is 18.6 Å². The zero-order valence-electron chi connectivity index (χ0n) is 9.41. The molecule has 1 aromatic rings. The molecular formula is C11H19N3. The van der Waals surface area contributed by atoms with Crippen LogP contribution in [0.3, 0.4) is 0 Å². The number of nitrogens with one attached hydrogen (secondary N) is 1. The Morgan fingerprint density at radius 3 is 2.57 bits per heavy atom. The zero-order valence-corrected chi connectivity index (χ0v) is 9.41. The van der Waals surface area contributed by atoms with Gasteiger partial charge in [-0.3, -0.25) is 0 Å². The lowest BCUT2D eigenvalue weighted by molar-refractivity contribution is 0.271. The van der Waals surface area contributed by atoms with Crippen LogP contribution in [0, 0.1) is 5.41 Å². The van der Waals surface area contributed by atoms with Crippen LogP contribution in [0.2, 0.25) is 0 Å². The topological polar surface area (TPSA) is 37.8 Å². The number of rotatable bonds is 3. The average Bonchev–Trinajstić information content (AvgIpc) is 2.14. The van der Waals surface area contributed by atoms with Crippen LogP contribution in [0.5, 0.6) is 0 Å². The molecule has 1 heterocycles. The van der Waals surface area contributed by atoms with Crippen molar-refractivity contribution < 1.29 is 0 Å². The van der Waals surface area contributed by atoms with Gasteiger partial charge in [0.05, 0.1) is 11.7 Å². The Morgan fingerprint density at radius 2 is 2.14 bits per heavy atom. The molecule has 0 spiro atoms. The van der Waals surface area contributed by atoms with E-state index in [0.717, 1.165) is 12.2 Å². The van der Waals surface area contributed by atoms with Crippen molar-refractivity contribution in [2.45, 2.75) is 33.7 Å². The Labute approximate surface area is 86.0 Å². The first-order chi connectivity index (χ1) is 6.55. The minimum absolute atomic E-state index is 0.171. The highest BCUT2D eigenvalue weighted by Crippen LogP contribution is 2.30. The van der Waals surface area contributed by atoms with Gasteiger partial charge < -0.3 is 5.32 Å². The van der Waals surface area contributed by atoms with E-state index in [-0.39, 0.29) is 11.5 Å². The van der Waals surface area contributed by atoms with Crippen molar-refractivity contribution in [3.05, 3.63) is 24.3 Å². The highest BCUT2D eigenvalue weighted by atomic mass is 15.0. The first-order valence-electron chi connectivity index (χ1n) is 5.05. The Balaban J connectivity index is 2.89. The maximum absolute atomic E-state index is 4.29. The van der Waals surface area contributed by atoms with Gasteiger partial charge in [-0.2, -0.15) is 0 Å². The zero-order chi connectivity index (χ0) is 10.6. The summed E-state index contributed by atoms with van der Waals surface area (Å²) in [4.78, 5) is 8.22. The van der Waals surface area contributed by atoms with Crippen molar-refractivity contribution in [2.24, 2.45) is 5.41 Å². The molecule has 1 aromatic heterocycles. The van der Waals surface area contributed by atoms with Crippen LogP contribution >= 0.6 is 0 Å². The van der Waals surface area contributed by atoms with Crippen LogP contribution < -0.4 is 5.32 Å². The van der Waals surface area contributed by atoms with Gasteiger partial charge in [-0.25, -0.2) is 9.97 Å². The molecule has 0 aliphatic heterocycles. The van der Waals surface area contributed by atoms with Crippen molar-refractivity contribution in [3.63, 3.8) is 0 Å². The molecule has 1 atom stereocenters. The van der Waals surface area contributed by atoms with Gasteiger partial charge in [0.2, 0.25) is 0 Å². The normalized spacial score (nSPS) is 14.0. The van der Waals surface area contributed by atoms with Crippen LogP contribution in [-0.4, -0.2) is 16.5 Å².